The number of anilines is 1. The lowest BCUT2D eigenvalue weighted by Gasteiger charge is -2.18. The van der Waals surface area contributed by atoms with Crippen molar-refractivity contribution in [3.8, 4) is 5.75 Å². The predicted molar refractivity (Wildman–Crippen MR) is 101 cm³/mol. The third-order valence-electron chi connectivity index (χ3n) is 4.09. The first-order chi connectivity index (χ1) is 12.9. The zero-order chi connectivity index (χ0) is 19.1. The van der Waals surface area contributed by atoms with Crippen LogP contribution in [-0.2, 0) is 11.3 Å². The maximum absolute atomic E-state index is 12.7. The van der Waals surface area contributed by atoms with Gasteiger partial charge in [-0.1, -0.05) is 23.2 Å². The molecule has 0 bridgehead atoms. The Balaban J connectivity index is 1.67. The quantitative estimate of drug-likeness (QED) is 0.678. The molecular weight excluding hydrogens is 393 g/mol. The van der Waals surface area contributed by atoms with Crippen LogP contribution in [0.1, 0.15) is 10.4 Å². The lowest BCUT2D eigenvalue weighted by atomic mass is 10.1. The summed E-state index contributed by atoms with van der Waals surface area (Å²) in [4.78, 5) is 40.8. The smallest absolute Gasteiger partial charge is 0.262 e. The van der Waals surface area contributed by atoms with Gasteiger partial charge >= 0.3 is 0 Å². The van der Waals surface area contributed by atoms with Crippen LogP contribution >= 0.6 is 23.2 Å². The number of rotatable bonds is 3. The predicted octanol–water partition coefficient (Wildman–Crippen LogP) is 2.92. The Labute approximate surface area is 162 Å². The Bertz CT molecular complexity index is 1170. The summed E-state index contributed by atoms with van der Waals surface area (Å²) >= 11 is 12.0. The van der Waals surface area contributed by atoms with Crippen molar-refractivity contribution < 1.29 is 14.3 Å². The average molecular weight is 404 g/mol. The van der Waals surface area contributed by atoms with Crippen LogP contribution in [0.15, 0.2) is 41.5 Å². The standard InChI is InChI=1S/C18H11Cl2N3O4/c19-10-4-11-17(12(20)5-10)21-8-23(18(11)26)6-14(24)9-1-2-15-13(3-9)22-16(25)7-27-15/h1-5,8H,6-7H2,(H,22,25). The number of halogens is 2. The van der Waals surface area contributed by atoms with Gasteiger partial charge in [-0.05, 0) is 30.3 Å². The van der Waals surface area contributed by atoms with Crippen molar-refractivity contribution in [3.63, 3.8) is 0 Å². The maximum Gasteiger partial charge on any atom is 0.262 e. The molecule has 136 valence electrons. The Morgan fingerprint density at radius 1 is 1.22 bits per heavy atom. The van der Waals surface area contributed by atoms with Gasteiger partial charge in [0.05, 0.1) is 34.5 Å². The molecule has 2 aromatic carbocycles. The number of amides is 1. The first-order valence-corrected chi connectivity index (χ1v) is 8.62. The molecule has 0 aliphatic carbocycles. The monoisotopic (exact) mass is 403 g/mol. The van der Waals surface area contributed by atoms with Crippen LogP contribution in [0.4, 0.5) is 5.69 Å². The number of carbonyl (C=O) groups excluding carboxylic acids is 2. The van der Waals surface area contributed by atoms with Crippen molar-refractivity contribution in [1.29, 1.82) is 0 Å². The number of nitrogens with one attached hydrogen (secondary N) is 1. The molecule has 1 aliphatic rings. The number of nitrogens with zero attached hydrogens (tertiary/aromatic N) is 2. The molecule has 1 amide bonds. The third kappa shape index (κ3) is 3.27. The lowest BCUT2D eigenvalue weighted by Crippen LogP contribution is -2.26. The number of ketones is 1. The molecule has 4 rings (SSSR count). The van der Waals surface area contributed by atoms with Crippen LogP contribution in [-0.4, -0.2) is 27.8 Å². The molecule has 0 spiro atoms. The molecule has 7 nitrogen and oxygen atoms in total. The summed E-state index contributed by atoms with van der Waals surface area (Å²) in [5, 5.41) is 3.44. The summed E-state index contributed by atoms with van der Waals surface area (Å²) in [6.07, 6.45) is 1.27. The normalized spacial score (nSPS) is 13.0. The van der Waals surface area contributed by atoms with Gasteiger partial charge in [-0.3, -0.25) is 19.0 Å². The molecule has 1 aliphatic heterocycles. The van der Waals surface area contributed by atoms with E-state index in [0.29, 0.717) is 27.5 Å². The minimum Gasteiger partial charge on any atom is -0.482 e. The topological polar surface area (TPSA) is 90.3 Å². The molecule has 0 saturated carbocycles. The van der Waals surface area contributed by atoms with E-state index >= 15 is 0 Å². The fourth-order valence-electron chi connectivity index (χ4n) is 2.81. The highest BCUT2D eigenvalue weighted by Crippen LogP contribution is 2.29. The molecule has 3 aromatic rings. The van der Waals surface area contributed by atoms with Crippen LogP contribution < -0.4 is 15.6 Å². The van der Waals surface area contributed by atoms with E-state index in [9.17, 15) is 14.4 Å². The molecule has 9 heteroatoms. The second kappa shape index (κ2) is 6.68. The van der Waals surface area contributed by atoms with Crippen LogP contribution in [0.2, 0.25) is 10.0 Å². The third-order valence-corrected chi connectivity index (χ3v) is 4.60. The van der Waals surface area contributed by atoms with Gasteiger partial charge in [-0.25, -0.2) is 4.98 Å². The van der Waals surface area contributed by atoms with E-state index in [4.69, 9.17) is 27.9 Å². The van der Waals surface area contributed by atoms with Crippen LogP contribution in [0.5, 0.6) is 5.75 Å². The first kappa shape index (κ1) is 17.5. The van der Waals surface area contributed by atoms with Crippen molar-refractivity contribution in [3.05, 3.63) is 62.6 Å². The number of benzene rings is 2. The van der Waals surface area contributed by atoms with Crippen LogP contribution in [0, 0.1) is 0 Å². The average Bonchev–Trinajstić information content (AvgIpc) is 2.63. The lowest BCUT2D eigenvalue weighted by molar-refractivity contribution is -0.118. The van der Waals surface area contributed by atoms with Crippen molar-refractivity contribution in [2.24, 2.45) is 0 Å². The summed E-state index contributed by atoms with van der Waals surface area (Å²) in [6, 6.07) is 7.65. The SMILES string of the molecule is O=C1COc2ccc(C(=O)Cn3cnc4c(Cl)cc(Cl)cc4c3=O)cc2N1. The highest BCUT2D eigenvalue weighted by atomic mass is 35.5. The van der Waals surface area contributed by atoms with Gasteiger partial charge in [-0.15, -0.1) is 0 Å². The summed E-state index contributed by atoms with van der Waals surface area (Å²) in [5.41, 5.74) is 0.645. The van der Waals surface area contributed by atoms with Crippen LogP contribution in [0.25, 0.3) is 10.9 Å². The van der Waals surface area contributed by atoms with Crippen molar-refractivity contribution in [2.75, 3.05) is 11.9 Å². The van der Waals surface area contributed by atoms with E-state index in [-0.39, 0.29) is 35.3 Å². The van der Waals surface area contributed by atoms with Gasteiger partial charge < -0.3 is 10.1 Å². The van der Waals surface area contributed by atoms with Crippen LogP contribution in [0.3, 0.4) is 0 Å². The molecule has 1 N–H and O–H groups in total. The second-order valence-electron chi connectivity index (χ2n) is 5.93. The van der Waals surface area contributed by atoms with E-state index < -0.39 is 5.56 Å². The van der Waals surface area contributed by atoms with E-state index in [1.54, 1.807) is 12.1 Å². The molecule has 27 heavy (non-hydrogen) atoms. The van der Waals surface area contributed by atoms with Gasteiger partial charge in [-0.2, -0.15) is 0 Å². The van der Waals surface area contributed by atoms with Gasteiger partial charge in [0.1, 0.15) is 5.75 Å². The maximum atomic E-state index is 12.7. The highest BCUT2D eigenvalue weighted by molar-refractivity contribution is 6.38. The largest absolute Gasteiger partial charge is 0.482 e. The summed E-state index contributed by atoms with van der Waals surface area (Å²) in [6.45, 7) is -0.289. The van der Waals surface area contributed by atoms with Gasteiger partial charge in [0.25, 0.3) is 11.5 Å². The number of fused-ring (bicyclic) bond motifs is 2. The van der Waals surface area contributed by atoms with Gasteiger partial charge in [0.2, 0.25) is 0 Å². The molecule has 0 fully saturated rings. The van der Waals surface area contributed by atoms with E-state index in [0.717, 1.165) is 0 Å². The summed E-state index contributed by atoms with van der Waals surface area (Å²) < 4.78 is 6.45. The minimum atomic E-state index is -0.424. The molecule has 0 unspecified atom stereocenters. The number of hydrogen-bond donors (Lipinski definition) is 1. The van der Waals surface area contributed by atoms with Gasteiger partial charge in [0, 0.05) is 10.6 Å². The Morgan fingerprint density at radius 3 is 2.85 bits per heavy atom. The minimum absolute atomic E-state index is 0.0659. The number of aromatic nitrogens is 2. The fourth-order valence-corrected chi connectivity index (χ4v) is 3.35. The Morgan fingerprint density at radius 2 is 2.04 bits per heavy atom. The Hall–Kier alpha value is -2.90. The molecule has 0 saturated heterocycles. The Kier molecular flexibility index (Phi) is 4.33. The van der Waals surface area contributed by atoms with Crippen molar-refractivity contribution in [2.45, 2.75) is 6.54 Å². The van der Waals surface area contributed by atoms with E-state index in [1.165, 1.54) is 29.1 Å². The van der Waals surface area contributed by atoms with Crippen molar-refractivity contribution >= 4 is 51.5 Å². The number of hydrogen-bond acceptors (Lipinski definition) is 5. The summed E-state index contributed by atoms with van der Waals surface area (Å²) in [7, 11) is 0. The van der Waals surface area contributed by atoms with E-state index in [1.807, 2.05) is 0 Å². The zero-order valence-corrected chi connectivity index (χ0v) is 15.2. The van der Waals surface area contributed by atoms with E-state index in [2.05, 4.69) is 10.3 Å². The van der Waals surface area contributed by atoms with Crippen molar-refractivity contribution in [1.82, 2.24) is 9.55 Å². The molecule has 2 heterocycles. The summed E-state index contributed by atoms with van der Waals surface area (Å²) in [5.74, 6) is -0.134. The molecule has 0 radical (unpaired) electrons. The second-order valence-corrected chi connectivity index (χ2v) is 6.78. The fraction of sp³-hybridized carbons (Fsp3) is 0.111. The number of carbonyl (C=O) groups is 2. The highest BCUT2D eigenvalue weighted by Gasteiger charge is 2.18. The molecular formula is C18H11Cl2N3O4. The number of Topliss-reactive ketones (excluding diaryl/α,β-unsaturated/α-hetero) is 1. The van der Waals surface area contributed by atoms with Gasteiger partial charge in [0.15, 0.2) is 12.4 Å². The molecule has 0 atom stereocenters. The molecule has 1 aromatic heterocycles. The number of ether oxygens (including phenoxy) is 1. The first-order valence-electron chi connectivity index (χ1n) is 7.86. The zero-order valence-electron chi connectivity index (χ0n) is 13.7.